The molecule has 2 saturated heterocycles. The highest BCUT2D eigenvalue weighted by atomic mass is 33.1. The van der Waals surface area contributed by atoms with E-state index in [1.54, 1.807) is 6.92 Å². The number of hydrogen-bond acceptors (Lipinski definition) is 7. The Balaban J connectivity index is 1.42. The summed E-state index contributed by atoms with van der Waals surface area (Å²) in [4.78, 5) is 2.21. The maximum Gasteiger partial charge on any atom is 0.147 e. The molecule has 5 nitrogen and oxygen atoms in total. The van der Waals surface area contributed by atoms with Crippen LogP contribution in [-0.4, -0.2) is 67.5 Å². The normalized spacial score (nSPS) is 32.4. The summed E-state index contributed by atoms with van der Waals surface area (Å²) >= 11 is 5.55. The molecule has 150 valence electrons. The van der Waals surface area contributed by atoms with Gasteiger partial charge in [0.05, 0.1) is 6.10 Å². The summed E-state index contributed by atoms with van der Waals surface area (Å²) in [5.74, 6) is 0.685. The molecule has 0 aliphatic carbocycles. The van der Waals surface area contributed by atoms with E-state index >= 15 is 0 Å². The first kappa shape index (κ1) is 21.4. The fourth-order valence-corrected chi connectivity index (χ4v) is 6.32. The van der Waals surface area contributed by atoms with Crippen LogP contribution in [0, 0.1) is 5.92 Å². The Morgan fingerprint density at radius 1 is 1.11 bits per heavy atom. The van der Waals surface area contributed by atoms with Crippen molar-refractivity contribution < 1.29 is 20.1 Å². The molecular weight excluding hydrogens is 402 g/mol. The fraction of sp³-hybridized carbons (Fsp3) is 0.632. The molecule has 3 unspecified atom stereocenters. The van der Waals surface area contributed by atoms with Crippen molar-refractivity contribution in [1.29, 1.82) is 0 Å². The molecular formula is C19H27NO4S3. The number of piperidine rings is 1. The Morgan fingerprint density at radius 2 is 1.78 bits per heavy atom. The molecule has 8 heteroatoms. The lowest BCUT2D eigenvalue weighted by Gasteiger charge is -2.39. The second-order valence-electron chi connectivity index (χ2n) is 7.25. The molecule has 1 aromatic carbocycles. The lowest BCUT2D eigenvalue weighted by Crippen LogP contribution is -2.55. The molecule has 0 saturated carbocycles. The van der Waals surface area contributed by atoms with E-state index in [4.69, 9.17) is 17.0 Å². The number of ether oxygens (including phenoxy) is 1. The molecule has 5 atom stereocenters. The Kier molecular flexibility index (Phi) is 7.84. The van der Waals surface area contributed by atoms with Gasteiger partial charge in [0.1, 0.15) is 28.1 Å². The number of benzene rings is 1. The SMILES string of the molecule is CC1O[C@H](SSC(=S)N2CCC(Cc3ccccc3)CC2)C(O)C(O)[C@@H]1O. The van der Waals surface area contributed by atoms with Crippen molar-refractivity contribution >= 4 is 38.1 Å². The zero-order valence-corrected chi connectivity index (χ0v) is 17.8. The van der Waals surface area contributed by atoms with E-state index in [0.717, 1.165) is 36.7 Å². The summed E-state index contributed by atoms with van der Waals surface area (Å²) < 4.78 is 6.39. The van der Waals surface area contributed by atoms with Gasteiger partial charge in [-0.15, -0.1) is 0 Å². The van der Waals surface area contributed by atoms with Crippen LogP contribution in [0.3, 0.4) is 0 Å². The predicted molar refractivity (Wildman–Crippen MR) is 115 cm³/mol. The second kappa shape index (κ2) is 9.91. The summed E-state index contributed by atoms with van der Waals surface area (Å²) in [5, 5.41) is 29.8. The van der Waals surface area contributed by atoms with Crippen LogP contribution in [0.25, 0.3) is 0 Å². The molecule has 27 heavy (non-hydrogen) atoms. The second-order valence-corrected chi connectivity index (χ2v) is 10.2. The van der Waals surface area contributed by atoms with Crippen LogP contribution in [0.4, 0.5) is 0 Å². The van der Waals surface area contributed by atoms with E-state index in [0.29, 0.717) is 5.92 Å². The zero-order valence-electron chi connectivity index (χ0n) is 15.3. The molecule has 2 aliphatic heterocycles. The first-order chi connectivity index (χ1) is 13.0. The average Bonchev–Trinajstić information content (AvgIpc) is 2.69. The predicted octanol–water partition coefficient (Wildman–Crippen LogP) is 2.43. The molecule has 0 aromatic heterocycles. The van der Waals surface area contributed by atoms with Gasteiger partial charge in [-0.05, 0) is 48.5 Å². The standard InChI is InChI=1S/C19H27NO4S3/c1-12-15(21)16(22)17(23)18(24-12)26-27-19(25)20-9-7-14(8-10-20)11-13-5-3-2-4-6-13/h2-6,12,14-18,21-23H,7-11H2,1H3/t12?,15-,16?,17?,18-/m1/s1. The van der Waals surface area contributed by atoms with Crippen LogP contribution in [0.2, 0.25) is 0 Å². The smallest absolute Gasteiger partial charge is 0.147 e. The maximum atomic E-state index is 10.1. The van der Waals surface area contributed by atoms with Gasteiger partial charge in [0.2, 0.25) is 0 Å². The summed E-state index contributed by atoms with van der Waals surface area (Å²) in [6, 6.07) is 10.6. The first-order valence-corrected chi connectivity index (χ1v) is 11.9. The summed E-state index contributed by atoms with van der Waals surface area (Å²) in [6.45, 7) is 3.57. The Bertz CT molecular complexity index is 612. The number of rotatable bonds is 4. The van der Waals surface area contributed by atoms with E-state index in [1.165, 1.54) is 27.2 Å². The third-order valence-corrected chi connectivity index (χ3v) is 8.50. The summed E-state index contributed by atoms with van der Waals surface area (Å²) in [7, 11) is 2.71. The highest BCUT2D eigenvalue weighted by Gasteiger charge is 2.42. The molecule has 2 heterocycles. The lowest BCUT2D eigenvalue weighted by atomic mass is 9.90. The van der Waals surface area contributed by atoms with Crippen LogP contribution in [-0.2, 0) is 11.2 Å². The van der Waals surface area contributed by atoms with Crippen molar-refractivity contribution in [3.8, 4) is 0 Å². The van der Waals surface area contributed by atoms with Crippen LogP contribution in [0.15, 0.2) is 30.3 Å². The Morgan fingerprint density at radius 3 is 2.44 bits per heavy atom. The minimum Gasteiger partial charge on any atom is -0.388 e. The minimum atomic E-state index is -1.20. The molecule has 2 fully saturated rings. The number of aliphatic hydroxyl groups is 3. The maximum absolute atomic E-state index is 10.1. The van der Waals surface area contributed by atoms with E-state index in [-0.39, 0.29) is 0 Å². The van der Waals surface area contributed by atoms with Gasteiger partial charge in [0, 0.05) is 13.1 Å². The van der Waals surface area contributed by atoms with Crippen LogP contribution >= 0.6 is 33.8 Å². The van der Waals surface area contributed by atoms with Crippen molar-refractivity contribution in [1.82, 2.24) is 4.90 Å². The highest BCUT2D eigenvalue weighted by molar-refractivity contribution is 8.83. The topological polar surface area (TPSA) is 73.2 Å². The van der Waals surface area contributed by atoms with E-state index in [2.05, 4.69) is 29.2 Å². The van der Waals surface area contributed by atoms with E-state index < -0.39 is 29.9 Å². The van der Waals surface area contributed by atoms with Gasteiger partial charge in [0.15, 0.2) is 0 Å². The fourth-order valence-electron chi connectivity index (χ4n) is 3.50. The van der Waals surface area contributed by atoms with Crippen molar-refractivity contribution in [2.45, 2.75) is 56.0 Å². The molecule has 2 aliphatic rings. The van der Waals surface area contributed by atoms with E-state index in [1.807, 2.05) is 6.07 Å². The average molecular weight is 430 g/mol. The number of nitrogens with zero attached hydrogens (tertiary/aromatic N) is 1. The molecule has 0 bridgehead atoms. The molecule has 3 rings (SSSR count). The van der Waals surface area contributed by atoms with Gasteiger partial charge >= 0.3 is 0 Å². The van der Waals surface area contributed by atoms with Crippen LogP contribution < -0.4 is 0 Å². The lowest BCUT2D eigenvalue weighted by molar-refractivity contribution is -0.192. The van der Waals surface area contributed by atoms with Gasteiger partial charge in [-0.25, -0.2) is 0 Å². The molecule has 1 aromatic rings. The Hall–Kier alpha value is -0.350. The van der Waals surface area contributed by atoms with Gasteiger partial charge in [-0.3, -0.25) is 0 Å². The number of hydrogen-bond donors (Lipinski definition) is 3. The van der Waals surface area contributed by atoms with Crippen molar-refractivity contribution in [3.63, 3.8) is 0 Å². The molecule has 0 amide bonds. The first-order valence-electron chi connectivity index (χ1n) is 9.31. The Labute approximate surface area is 173 Å². The van der Waals surface area contributed by atoms with Crippen LogP contribution in [0.5, 0.6) is 0 Å². The largest absolute Gasteiger partial charge is 0.388 e. The van der Waals surface area contributed by atoms with Gasteiger partial charge in [-0.1, -0.05) is 53.3 Å². The summed E-state index contributed by atoms with van der Waals surface area (Å²) in [6.07, 6.45) is -0.581. The van der Waals surface area contributed by atoms with Gasteiger partial charge in [-0.2, -0.15) is 0 Å². The van der Waals surface area contributed by atoms with Gasteiger partial charge in [0.25, 0.3) is 0 Å². The highest BCUT2D eigenvalue weighted by Crippen LogP contribution is 2.37. The third-order valence-electron chi connectivity index (χ3n) is 5.26. The number of likely N-dealkylation sites (tertiary alicyclic amines) is 1. The number of thiocarbonyl (C=S) groups is 1. The van der Waals surface area contributed by atoms with Crippen molar-refractivity contribution in [3.05, 3.63) is 35.9 Å². The van der Waals surface area contributed by atoms with E-state index in [9.17, 15) is 15.3 Å². The number of aliphatic hydroxyl groups excluding tert-OH is 3. The zero-order chi connectivity index (χ0) is 19.4. The van der Waals surface area contributed by atoms with Crippen LogP contribution in [0.1, 0.15) is 25.3 Å². The third kappa shape index (κ3) is 5.59. The minimum absolute atomic E-state index is 0.524. The molecule has 0 radical (unpaired) electrons. The van der Waals surface area contributed by atoms with Gasteiger partial charge < -0.3 is 25.0 Å². The van der Waals surface area contributed by atoms with Crippen molar-refractivity contribution in [2.24, 2.45) is 5.92 Å². The molecule has 3 N–H and O–H groups in total. The summed E-state index contributed by atoms with van der Waals surface area (Å²) in [5.41, 5.74) is 0.777. The molecule has 0 spiro atoms. The quantitative estimate of drug-likeness (QED) is 0.498. The monoisotopic (exact) mass is 429 g/mol. The van der Waals surface area contributed by atoms with Crippen molar-refractivity contribution in [2.75, 3.05) is 13.1 Å².